The van der Waals surface area contributed by atoms with Crippen LogP contribution < -0.4 is 10.7 Å². The molecular weight excluding hydrogens is 364 g/mol. The van der Waals surface area contributed by atoms with E-state index in [0.717, 1.165) is 33.4 Å². The number of aromatic nitrogens is 1. The summed E-state index contributed by atoms with van der Waals surface area (Å²) in [6, 6.07) is 26.5. The molecule has 0 aliphatic rings. The molecule has 0 bridgehead atoms. The SMILES string of the molecule is Cc1cccc(NC(=S)NN=Cc2c(-c3ccccc3)[nH]c3ccccc23)c1. The Bertz CT molecular complexity index is 1150. The molecule has 1 aromatic heterocycles. The predicted octanol–water partition coefficient (Wildman–Crippen LogP) is 5.46. The van der Waals surface area contributed by atoms with Gasteiger partial charge in [0.25, 0.3) is 0 Å². The maximum atomic E-state index is 5.35. The van der Waals surface area contributed by atoms with E-state index in [0.29, 0.717) is 5.11 Å². The molecule has 138 valence electrons. The summed E-state index contributed by atoms with van der Waals surface area (Å²) in [5, 5.41) is 9.08. The standard InChI is InChI=1S/C23H20N4S/c1-16-8-7-11-18(14-16)25-23(28)27-24-15-20-19-12-5-6-13-21(19)26-22(20)17-9-3-2-4-10-17/h2-15,26H,1H3,(H2,25,27,28). The van der Waals surface area contributed by atoms with E-state index < -0.39 is 0 Å². The fourth-order valence-electron chi connectivity index (χ4n) is 3.17. The fraction of sp³-hybridized carbons (Fsp3) is 0.0435. The Balaban J connectivity index is 1.58. The molecule has 4 rings (SSSR count). The highest BCUT2D eigenvalue weighted by atomic mass is 32.1. The molecule has 0 radical (unpaired) electrons. The molecule has 0 unspecified atom stereocenters. The van der Waals surface area contributed by atoms with E-state index in [1.165, 1.54) is 5.56 Å². The molecule has 0 atom stereocenters. The molecule has 28 heavy (non-hydrogen) atoms. The van der Waals surface area contributed by atoms with Gasteiger partial charge in [-0.2, -0.15) is 5.10 Å². The molecule has 0 saturated heterocycles. The van der Waals surface area contributed by atoms with Crippen LogP contribution in [0.5, 0.6) is 0 Å². The second kappa shape index (κ2) is 8.06. The third kappa shape index (κ3) is 3.94. The molecule has 4 aromatic rings. The number of hydrogen-bond donors (Lipinski definition) is 3. The van der Waals surface area contributed by atoms with Crippen molar-refractivity contribution < 1.29 is 0 Å². The van der Waals surface area contributed by atoms with Gasteiger partial charge in [-0.15, -0.1) is 0 Å². The number of H-pyrrole nitrogens is 1. The van der Waals surface area contributed by atoms with E-state index in [1.54, 1.807) is 0 Å². The summed E-state index contributed by atoms with van der Waals surface area (Å²) in [5.41, 5.74) is 9.25. The van der Waals surface area contributed by atoms with Gasteiger partial charge in [0.15, 0.2) is 5.11 Å². The Morgan fingerprint density at radius 2 is 1.75 bits per heavy atom. The van der Waals surface area contributed by atoms with Crippen LogP contribution in [0, 0.1) is 6.92 Å². The van der Waals surface area contributed by atoms with E-state index in [-0.39, 0.29) is 0 Å². The number of thiocarbonyl (C=S) groups is 1. The van der Waals surface area contributed by atoms with Crippen LogP contribution >= 0.6 is 12.2 Å². The van der Waals surface area contributed by atoms with Gasteiger partial charge >= 0.3 is 0 Å². The Labute approximate surface area is 169 Å². The summed E-state index contributed by atoms with van der Waals surface area (Å²) in [5.74, 6) is 0. The zero-order valence-corrected chi connectivity index (χ0v) is 16.3. The van der Waals surface area contributed by atoms with Crippen LogP contribution in [0.1, 0.15) is 11.1 Å². The van der Waals surface area contributed by atoms with Crippen molar-refractivity contribution >= 4 is 40.1 Å². The topological polar surface area (TPSA) is 52.2 Å². The van der Waals surface area contributed by atoms with Crippen LogP contribution in [0.15, 0.2) is 84.0 Å². The van der Waals surface area contributed by atoms with E-state index >= 15 is 0 Å². The summed E-state index contributed by atoms with van der Waals surface area (Å²) >= 11 is 5.35. The first-order chi connectivity index (χ1) is 13.7. The van der Waals surface area contributed by atoms with Crippen molar-refractivity contribution in [3.05, 3.63) is 90.0 Å². The fourth-order valence-corrected chi connectivity index (χ4v) is 3.34. The zero-order valence-electron chi connectivity index (χ0n) is 15.4. The molecular formula is C23H20N4S. The Morgan fingerprint density at radius 3 is 2.57 bits per heavy atom. The zero-order chi connectivity index (χ0) is 19.3. The number of anilines is 1. The van der Waals surface area contributed by atoms with Gasteiger partial charge in [0, 0.05) is 22.2 Å². The first kappa shape index (κ1) is 17.9. The lowest BCUT2D eigenvalue weighted by Crippen LogP contribution is -2.23. The lowest BCUT2D eigenvalue weighted by Gasteiger charge is -2.07. The number of fused-ring (bicyclic) bond motifs is 1. The van der Waals surface area contributed by atoms with Gasteiger partial charge in [-0.1, -0.05) is 60.7 Å². The number of aromatic amines is 1. The molecule has 3 aromatic carbocycles. The monoisotopic (exact) mass is 384 g/mol. The van der Waals surface area contributed by atoms with Crippen molar-refractivity contribution in [3.63, 3.8) is 0 Å². The summed E-state index contributed by atoms with van der Waals surface area (Å²) in [7, 11) is 0. The number of hydrazone groups is 1. The first-order valence-electron chi connectivity index (χ1n) is 9.03. The van der Waals surface area contributed by atoms with Crippen molar-refractivity contribution in [1.82, 2.24) is 10.4 Å². The molecule has 0 amide bonds. The summed E-state index contributed by atoms with van der Waals surface area (Å²) in [6.45, 7) is 2.04. The lowest BCUT2D eigenvalue weighted by molar-refractivity contribution is 1.05. The van der Waals surface area contributed by atoms with Crippen LogP contribution in [0.2, 0.25) is 0 Å². The normalized spacial score (nSPS) is 11.0. The van der Waals surface area contributed by atoms with E-state index in [1.807, 2.05) is 67.7 Å². The molecule has 0 aliphatic carbocycles. The molecule has 0 aliphatic heterocycles. The van der Waals surface area contributed by atoms with Crippen molar-refractivity contribution in [2.45, 2.75) is 6.92 Å². The highest BCUT2D eigenvalue weighted by Crippen LogP contribution is 2.28. The second-order valence-corrected chi connectivity index (χ2v) is 6.93. The summed E-state index contributed by atoms with van der Waals surface area (Å²) < 4.78 is 0. The quantitative estimate of drug-likeness (QED) is 0.249. The van der Waals surface area contributed by atoms with Crippen LogP contribution in [0.25, 0.3) is 22.2 Å². The van der Waals surface area contributed by atoms with Gasteiger partial charge in [0.05, 0.1) is 11.9 Å². The largest absolute Gasteiger partial charge is 0.354 e. The Morgan fingerprint density at radius 1 is 0.964 bits per heavy atom. The third-order valence-electron chi connectivity index (χ3n) is 4.44. The molecule has 1 heterocycles. The van der Waals surface area contributed by atoms with E-state index in [2.05, 4.69) is 45.1 Å². The van der Waals surface area contributed by atoms with Crippen LogP contribution in [-0.2, 0) is 0 Å². The number of hydrogen-bond acceptors (Lipinski definition) is 2. The average molecular weight is 385 g/mol. The van der Waals surface area contributed by atoms with Crippen LogP contribution in [-0.4, -0.2) is 16.3 Å². The first-order valence-corrected chi connectivity index (χ1v) is 9.44. The van der Waals surface area contributed by atoms with Crippen molar-refractivity contribution in [1.29, 1.82) is 0 Å². The predicted molar refractivity (Wildman–Crippen MR) is 122 cm³/mol. The van der Waals surface area contributed by atoms with Gasteiger partial charge in [-0.3, -0.25) is 5.43 Å². The third-order valence-corrected chi connectivity index (χ3v) is 4.64. The molecule has 0 fully saturated rings. The number of benzene rings is 3. The molecule has 0 saturated carbocycles. The van der Waals surface area contributed by atoms with Crippen molar-refractivity contribution in [3.8, 4) is 11.3 Å². The number of para-hydroxylation sites is 1. The number of rotatable bonds is 4. The molecule has 3 N–H and O–H groups in total. The molecule has 5 heteroatoms. The lowest BCUT2D eigenvalue weighted by atomic mass is 10.1. The maximum absolute atomic E-state index is 5.35. The van der Waals surface area contributed by atoms with Gasteiger partial charge in [-0.25, -0.2) is 0 Å². The van der Waals surface area contributed by atoms with Gasteiger partial charge in [0.2, 0.25) is 0 Å². The van der Waals surface area contributed by atoms with E-state index in [4.69, 9.17) is 12.2 Å². The highest BCUT2D eigenvalue weighted by Gasteiger charge is 2.11. The number of aryl methyl sites for hydroxylation is 1. The number of nitrogens with zero attached hydrogens (tertiary/aromatic N) is 1. The van der Waals surface area contributed by atoms with E-state index in [9.17, 15) is 0 Å². The summed E-state index contributed by atoms with van der Waals surface area (Å²) in [4.78, 5) is 3.50. The van der Waals surface area contributed by atoms with Crippen LogP contribution in [0.4, 0.5) is 5.69 Å². The summed E-state index contributed by atoms with van der Waals surface area (Å²) in [6.07, 6.45) is 1.81. The minimum absolute atomic E-state index is 0.447. The minimum atomic E-state index is 0.447. The second-order valence-electron chi connectivity index (χ2n) is 6.52. The van der Waals surface area contributed by atoms with Gasteiger partial charge < -0.3 is 10.3 Å². The molecule has 4 nitrogen and oxygen atoms in total. The van der Waals surface area contributed by atoms with Gasteiger partial charge in [0.1, 0.15) is 0 Å². The van der Waals surface area contributed by atoms with Crippen molar-refractivity contribution in [2.75, 3.05) is 5.32 Å². The number of nitrogens with one attached hydrogen (secondary N) is 3. The Hall–Kier alpha value is -3.44. The maximum Gasteiger partial charge on any atom is 0.191 e. The van der Waals surface area contributed by atoms with Crippen LogP contribution in [0.3, 0.4) is 0 Å². The van der Waals surface area contributed by atoms with Gasteiger partial charge in [-0.05, 0) is 48.5 Å². The van der Waals surface area contributed by atoms with Crippen molar-refractivity contribution in [2.24, 2.45) is 5.10 Å². The Kier molecular flexibility index (Phi) is 5.17. The average Bonchev–Trinajstić information content (AvgIpc) is 3.07. The minimum Gasteiger partial charge on any atom is -0.354 e. The molecule has 0 spiro atoms. The highest BCUT2D eigenvalue weighted by molar-refractivity contribution is 7.80. The smallest absolute Gasteiger partial charge is 0.191 e.